The molecule has 5 heteroatoms. The summed E-state index contributed by atoms with van der Waals surface area (Å²) in [5.74, 6) is 0. The minimum Gasteiger partial charge on any atom is -0.768 e. The van der Waals surface area contributed by atoms with Crippen LogP contribution >= 0.6 is 0 Å². The third-order valence-corrected chi connectivity index (χ3v) is 1.59. The minimum absolute atomic E-state index is 0.331. The molecule has 1 aromatic carbocycles. The summed E-state index contributed by atoms with van der Waals surface area (Å²) >= 11 is -2.08. The van der Waals surface area contributed by atoms with Crippen LogP contribution in [0.4, 0.5) is 0 Å². The van der Waals surface area contributed by atoms with Crippen molar-refractivity contribution in [2.75, 3.05) is 0 Å². The topological polar surface area (TPSA) is 84.1 Å². The maximum Gasteiger partial charge on any atom is 0.283 e. The van der Waals surface area contributed by atoms with Gasteiger partial charge >= 0.3 is 0 Å². The second-order valence-corrected chi connectivity index (χ2v) is 2.59. The molecule has 64 valence electrons. The lowest BCUT2D eigenvalue weighted by atomic mass is 10.4. The van der Waals surface area contributed by atoms with Gasteiger partial charge in [-0.2, -0.15) is 5.26 Å². The lowest BCUT2D eigenvalue weighted by Crippen LogP contribution is -1.85. The quantitative estimate of drug-likeness (QED) is 0.516. The molecule has 12 heavy (non-hydrogen) atoms. The van der Waals surface area contributed by atoms with E-state index in [0.29, 0.717) is 4.90 Å². The van der Waals surface area contributed by atoms with Crippen LogP contribution in [0.15, 0.2) is 35.2 Å². The van der Waals surface area contributed by atoms with Gasteiger partial charge in [0, 0.05) is 4.90 Å². The van der Waals surface area contributed by atoms with Gasteiger partial charge in [0.2, 0.25) is 0 Å². The second kappa shape index (κ2) is 6.34. The zero-order valence-electron chi connectivity index (χ0n) is 6.01. The fourth-order valence-electron chi connectivity index (χ4n) is 0.532. The third kappa shape index (κ3) is 4.44. The van der Waals surface area contributed by atoms with Crippen molar-refractivity contribution in [1.29, 1.82) is 5.26 Å². The van der Waals surface area contributed by atoms with Gasteiger partial charge in [0.05, 0.1) is 0 Å². The zero-order valence-corrected chi connectivity index (χ0v) is 6.82. The fourth-order valence-corrected chi connectivity index (χ4v) is 0.911. The van der Waals surface area contributed by atoms with Crippen molar-refractivity contribution in [3.05, 3.63) is 30.3 Å². The monoisotopic (exact) mass is 184 g/mol. The molecule has 1 N–H and O–H groups in total. The normalized spacial score (nSPS) is 10.3. The van der Waals surface area contributed by atoms with Gasteiger partial charge in [-0.05, 0) is 23.2 Å². The highest BCUT2D eigenvalue weighted by Crippen LogP contribution is 2.00. The molecule has 0 aliphatic carbocycles. The molecule has 4 nitrogen and oxygen atoms in total. The van der Waals surface area contributed by atoms with Gasteiger partial charge in [-0.1, -0.05) is 18.2 Å². The Balaban J connectivity index is 0.000000354. The molecule has 1 aromatic rings. The summed E-state index contributed by atoms with van der Waals surface area (Å²) in [6.45, 7) is 0. The largest absolute Gasteiger partial charge is 0.768 e. The molecule has 0 spiro atoms. The van der Waals surface area contributed by atoms with E-state index in [1.807, 2.05) is 0 Å². The molecule has 0 aliphatic heterocycles. The summed E-state index contributed by atoms with van der Waals surface area (Å²) < 4.78 is 20.4. The van der Waals surface area contributed by atoms with Crippen molar-refractivity contribution in [3.63, 3.8) is 0 Å². The Bertz CT molecular complexity index is 280. The van der Waals surface area contributed by atoms with E-state index in [1.165, 1.54) is 0 Å². The zero-order chi connectivity index (χ0) is 9.40. The van der Waals surface area contributed by atoms with Gasteiger partial charge in [0.1, 0.15) is 0 Å². The predicted octanol–water partition coefficient (Wildman–Crippen LogP) is 0.765. The number of nitrogens with zero attached hydrogens (tertiary/aromatic N) is 1. The van der Waals surface area contributed by atoms with Crippen LogP contribution < -0.4 is 0 Å². The van der Waals surface area contributed by atoms with Crippen LogP contribution in [0, 0.1) is 11.5 Å². The minimum atomic E-state index is -2.08. The van der Waals surface area contributed by atoms with Crippen LogP contribution in [0.25, 0.3) is 0 Å². The van der Waals surface area contributed by atoms with Gasteiger partial charge in [-0.25, -0.2) is 0 Å². The Hall–Kier alpha value is -1.38. The van der Waals surface area contributed by atoms with Crippen LogP contribution in [0.2, 0.25) is 0 Å². The fraction of sp³-hybridized carbons (Fsp3) is 0. The third-order valence-electron chi connectivity index (χ3n) is 0.936. The van der Waals surface area contributed by atoms with Gasteiger partial charge in [0.25, 0.3) is 6.26 Å². The molecule has 0 radical (unpaired) electrons. The van der Waals surface area contributed by atoms with Gasteiger partial charge in [-0.3, -0.25) is 4.21 Å². The van der Waals surface area contributed by atoms with Crippen molar-refractivity contribution in [2.24, 2.45) is 0 Å². The molecular weight excluding hydrogens is 178 g/mol. The van der Waals surface area contributed by atoms with Crippen LogP contribution in [-0.2, 0) is 11.1 Å². The molecule has 0 amide bonds. The number of benzene rings is 1. The number of aliphatic hydroxyl groups excluding tert-OH is 1. The van der Waals surface area contributed by atoms with E-state index >= 15 is 0 Å². The van der Waals surface area contributed by atoms with Crippen molar-refractivity contribution in [1.82, 2.24) is 0 Å². The van der Waals surface area contributed by atoms with Gasteiger partial charge in [-0.15, -0.1) is 0 Å². The van der Waals surface area contributed by atoms with Crippen molar-refractivity contribution in [3.8, 4) is 6.26 Å². The summed E-state index contributed by atoms with van der Waals surface area (Å²) in [4.78, 5) is 0.331. The molecule has 1 rings (SSSR count). The highest BCUT2D eigenvalue weighted by Gasteiger charge is 1.84. The maximum atomic E-state index is 10.2. The van der Waals surface area contributed by atoms with E-state index < -0.39 is 11.1 Å². The first kappa shape index (κ1) is 10.6. The molecule has 0 saturated carbocycles. The lowest BCUT2D eigenvalue weighted by molar-refractivity contribution is 0.503. The standard InChI is InChI=1S/C6H6O2S.CHNO/c7-9(8)6-4-2-1-3-5-6;2-1-3/h1-5H,(H,7,8);3H/p-1. The van der Waals surface area contributed by atoms with Crippen molar-refractivity contribution < 1.29 is 13.9 Å². The Morgan fingerprint density at radius 1 is 1.42 bits per heavy atom. The SMILES string of the molecule is N#CO.O=S([O-])c1ccccc1. The lowest BCUT2D eigenvalue weighted by Gasteiger charge is -2.01. The Labute approximate surface area is 72.4 Å². The van der Waals surface area contributed by atoms with E-state index in [-0.39, 0.29) is 0 Å². The highest BCUT2D eigenvalue weighted by atomic mass is 32.2. The van der Waals surface area contributed by atoms with Crippen molar-refractivity contribution >= 4 is 11.1 Å². The average Bonchev–Trinajstić information content (AvgIpc) is 2.07. The van der Waals surface area contributed by atoms with E-state index in [1.54, 1.807) is 30.3 Å². The number of rotatable bonds is 1. The summed E-state index contributed by atoms with van der Waals surface area (Å²) in [6.07, 6.45) is 0.750. The first-order valence-electron chi connectivity index (χ1n) is 2.90. The Morgan fingerprint density at radius 3 is 2.08 bits per heavy atom. The summed E-state index contributed by atoms with van der Waals surface area (Å²) in [6, 6.07) is 8.23. The molecule has 0 aromatic heterocycles. The van der Waals surface area contributed by atoms with E-state index in [4.69, 9.17) is 10.4 Å². The van der Waals surface area contributed by atoms with E-state index in [0.717, 1.165) is 6.26 Å². The predicted molar refractivity (Wildman–Crippen MR) is 41.2 cm³/mol. The highest BCUT2D eigenvalue weighted by molar-refractivity contribution is 7.79. The first-order chi connectivity index (χ1) is 5.72. The Kier molecular flexibility index (Phi) is 5.61. The molecule has 0 fully saturated rings. The number of nitriles is 1. The summed E-state index contributed by atoms with van der Waals surface area (Å²) in [7, 11) is 0. The summed E-state index contributed by atoms with van der Waals surface area (Å²) in [5, 5.41) is 13.8. The van der Waals surface area contributed by atoms with Gasteiger partial charge < -0.3 is 9.66 Å². The van der Waals surface area contributed by atoms with E-state index in [2.05, 4.69) is 0 Å². The van der Waals surface area contributed by atoms with E-state index in [9.17, 15) is 8.76 Å². The Morgan fingerprint density at radius 2 is 1.83 bits per heavy atom. The number of hydrogen-bond donors (Lipinski definition) is 1. The van der Waals surface area contributed by atoms with Crippen LogP contribution in [-0.4, -0.2) is 13.9 Å². The molecule has 1 unspecified atom stereocenters. The molecule has 0 heterocycles. The molecule has 0 saturated heterocycles. The molecular formula is C7H6NO3S-. The van der Waals surface area contributed by atoms with Gasteiger partial charge in [0.15, 0.2) is 0 Å². The molecule has 0 aliphatic rings. The number of aliphatic hydroxyl groups is 1. The number of hydrogen-bond acceptors (Lipinski definition) is 4. The average molecular weight is 184 g/mol. The maximum absolute atomic E-state index is 10.2. The molecule has 1 atom stereocenters. The van der Waals surface area contributed by atoms with Crippen LogP contribution in [0.3, 0.4) is 0 Å². The van der Waals surface area contributed by atoms with Crippen molar-refractivity contribution in [2.45, 2.75) is 4.90 Å². The first-order valence-corrected chi connectivity index (χ1v) is 3.97. The summed E-state index contributed by atoms with van der Waals surface area (Å²) in [5.41, 5.74) is 0. The smallest absolute Gasteiger partial charge is 0.283 e. The van der Waals surface area contributed by atoms with Crippen LogP contribution in [0.5, 0.6) is 0 Å². The van der Waals surface area contributed by atoms with Crippen LogP contribution in [0.1, 0.15) is 0 Å². The second-order valence-electron chi connectivity index (χ2n) is 1.65. The molecule has 0 bridgehead atoms.